The Hall–Kier alpha value is -1.46. The van der Waals surface area contributed by atoms with Crippen LogP contribution in [0.2, 0.25) is 0 Å². The van der Waals surface area contributed by atoms with Gasteiger partial charge in [0.1, 0.15) is 0 Å². The van der Waals surface area contributed by atoms with Gasteiger partial charge in [-0.15, -0.1) is 0 Å². The van der Waals surface area contributed by atoms with Crippen LogP contribution in [0.4, 0.5) is 0 Å². The minimum absolute atomic E-state index is 0.204. The first kappa shape index (κ1) is 14.9. The van der Waals surface area contributed by atoms with Crippen LogP contribution in [0.15, 0.2) is 24.5 Å². The lowest BCUT2D eigenvalue weighted by atomic mass is 10.1. The summed E-state index contributed by atoms with van der Waals surface area (Å²) in [5.41, 5.74) is 1.13. The summed E-state index contributed by atoms with van der Waals surface area (Å²) in [7, 11) is 3.68. The molecule has 0 saturated carbocycles. The summed E-state index contributed by atoms with van der Waals surface area (Å²) >= 11 is 0. The highest BCUT2D eigenvalue weighted by Gasteiger charge is 2.26. The van der Waals surface area contributed by atoms with Crippen molar-refractivity contribution in [2.24, 2.45) is 5.92 Å². The van der Waals surface area contributed by atoms with Gasteiger partial charge in [0, 0.05) is 45.1 Å². The van der Waals surface area contributed by atoms with E-state index in [-0.39, 0.29) is 5.91 Å². The molecule has 2 rings (SSSR count). The normalized spacial score (nSPS) is 18.8. The van der Waals surface area contributed by atoms with Gasteiger partial charge in [-0.05, 0) is 25.1 Å². The molecule has 5 heteroatoms. The van der Waals surface area contributed by atoms with Crippen LogP contribution >= 0.6 is 0 Å². The van der Waals surface area contributed by atoms with E-state index in [0.29, 0.717) is 12.5 Å². The highest BCUT2D eigenvalue weighted by Crippen LogP contribution is 2.16. The van der Waals surface area contributed by atoms with Crippen LogP contribution in [-0.2, 0) is 16.1 Å². The Morgan fingerprint density at radius 2 is 2.45 bits per heavy atom. The van der Waals surface area contributed by atoms with Crippen molar-refractivity contribution in [3.05, 3.63) is 30.1 Å². The number of methoxy groups -OCH3 is 1. The van der Waals surface area contributed by atoms with E-state index in [1.807, 2.05) is 35.2 Å². The van der Waals surface area contributed by atoms with Crippen LogP contribution in [0.5, 0.6) is 0 Å². The third kappa shape index (κ3) is 4.28. The minimum atomic E-state index is 0.204. The van der Waals surface area contributed by atoms with Crippen molar-refractivity contribution in [2.45, 2.75) is 13.0 Å². The van der Waals surface area contributed by atoms with Crippen LogP contribution in [0.25, 0.3) is 0 Å². The van der Waals surface area contributed by atoms with Crippen molar-refractivity contribution >= 4 is 5.91 Å². The number of nitrogens with zero attached hydrogens (tertiary/aromatic N) is 3. The van der Waals surface area contributed by atoms with Gasteiger partial charge >= 0.3 is 0 Å². The quantitative estimate of drug-likeness (QED) is 0.778. The van der Waals surface area contributed by atoms with Gasteiger partial charge < -0.3 is 9.64 Å². The molecule has 5 nitrogen and oxygen atoms in total. The molecule has 1 amide bonds. The van der Waals surface area contributed by atoms with Crippen molar-refractivity contribution in [3.63, 3.8) is 0 Å². The number of hydrogen-bond donors (Lipinski definition) is 0. The molecule has 0 radical (unpaired) electrons. The molecule has 0 aromatic carbocycles. The Balaban J connectivity index is 1.77. The number of hydrogen-bond acceptors (Lipinski definition) is 4. The van der Waals surface area contributed by atoms with E-state index in [0.717, 1.165) is 38.2 Å². The summed E-state index contributed by atoms with van der Waals surface area (Å²) in [6, 6.07) is 3.94. The lowest BCUT2D eigenvalue weighted by molar-refractivity contribution is -0.131. The Morgan fingerprint density at radius 3 is 3.15 bits per heavy atom. The second kappa shape index (κ2) is 7.36. The number of likely N-dealkylation sites (N-methyl/N-ethyl adjacent to an activating group) is 1. The molecule has 1 aromatic rings. The molecule has 0 bridgehead atoms. The molecular formula is C15H23N3O2. The smallest absolute Gasteiger partial charge is 0.236 e. The minimum Gasteiger partial charge on any atom is -0.384 e. The van der Waals surface area contributed by atoms with Crippen LogP contribution < -0.4 is 0 Å². The summed E-state index contributed by atoms with van der Waals surface area (Å²) < 4.78 is 5.16. The van der Waals surface area contributed by atoms with Crippen LogP contribution in [0.1, 0.15) is 12.0 Å². The number of carbonyl (C=O) groups excluding carboxylic acids is 1. The number of ether oxygens (including phenoxy) is 1. The number of aromatic nitrogens is 1. The molecule has 1 saturated heterocycles. The SMILES string of the molecule is COC[C@H]1CCN(C(=O)CN(C)Cc2cccnc2)C1. The van der Waals surface area contributed by atoms with Gasteiger partial charge in [-0.3, -0.25) is 14.7 Å². The zero-order valence-electron chi connectivity index (χ0n) is 12.3. The molecule has 1 aliphatic rings. The Kier molecular flexibility index (Phi) is 5.49. The van der Waals surface area contributed by atoms with E-state index in [9.17, 15) is 4.79 Å². The first-order chi connectivity index (χ1) is 9.69. The van der Waals surface area contributed by atoms with E-state index >= 15 is 0 Å². The molecular weight excluding hydrogens is 254 g/mol. The molecule has 1 fully saturated rings. The highest BCUT2D eigenvalue weighted by molar-refractivity contribution is 5.78. The highest BCUT2D eigenvalue weighted by atomic mass is 16.5. The zero-order valence-corrected chi connectivity index (χ0v) is 12.3. The van der Waals surface area contributed by atoms with Gasteiger partial charge in [0.25, 0.3) is 0 Å². The first-order valence-electron chi connectivity index (χ1n) is 7.03. The van der Waals surface area contributed by atoms with E-state index in [2.05, 4.69) is 4.98 Å². The monoisotopic (exact) mass is 277 g/mol. The van der Waals surface area contributed by atoms with Crippen molar-refractivity contribution in [1.29, 1.82) is 0 Å². The number of rotatable bonds is 6. The van der Waals surface area contributed by atoms with Crippen LogP contribution in [0.3, 0.4) is 0 Å². The molecule has 0 unspecified atom stereocenters. The summed E-state index contributed by atoms with van der Waals surface area (Å²) in [5.74, 6) is 0.697. The van der Waals surface area contributed by atoms with Crippen LogP contribution in [-0.4, -0.2) is 61.1 Å². The van der Waals surface area contributed by atoms with Gasteiger partial charge in [0.2, 0.25) is 5.91 Å². The van der Waals surface area contributed by atoms with Crippen molar-refractivity contribution in [2.75, 3.05) is 40.4 Å². The van der Waals surface area contributed by atoms with E-state index in [4.69, 9.17) is 4.74 Å². The van der Waals surface area contributed by atoms with Crippen molar-refractivity contribution in [3.8, 4) is 0 Å². The fourth-order valence-electron chi connectivity index (χ4n) is 2.62. The zero-order chi connectivity index (χ0) is 14.4. The van der Waals surface area contributed by atoms with Gasteiger partial charge in [0.15, 0.2) is 0 Å². The number of likely N-dealkylation sites (tertiary alicyclic amines) is 1. The molecule has 1 atom stereocenters. The second-order valence-corrected chi connectivity index (χ2v) is 5.48. The molecule has 1 aliphatic heterocycles. The predicted octanol–water partition coefficient (Wildman–Crippen LogP) is 1.01. The van der Waals surface area contributed by atoms with E-state index in [1.54, 1.807) is 13.3 Å². The third-order valence-electron chi connectivity index (χ3n) is 3.62. The fourth-order valence-corrected chi connectivity index (χ4v) is 2.62. The summed E-state index contributed by atoms with van der Waals surface area (Å²) in [5, 5.41) is 0. The maximum Gasteiger partial charge on any atom is 0.236 e. The van der Waals surface area contributed by atoms with Gasteiger partial charge in [-0.2, -0.15) is 0 Å². The lowest BCUT2D eigenvalue weighted by Crippen LogP contribution is -2.37. The van der Waals surface area contributed by atoms with Crippen LogP contribution in [0, 0.1) is 5.92 Å². The van der Waals surface area contributed by atoms with E-state index < -0.39 is 0 Å². The Labute approximate surface area is 120 Å². The largest absolute Gasteiger partial charge is 0.384 e. The summed E-state index contributed by atoms with van der Waals surface area (Å²) in [6.07, 6.45) is 4.65. The molecule has 1 aromatic heterocycles. The average Bonchev–Trinajstić information content (AvgIpc) is 2.89. The topological polar surface area (TPSA) is 45.7 Å². The molecule has 20 heavy (non-hydrogen) atoms. The summed E-state index contributed by atoms with van der Waals surface area (Å²) in [4.78, 5) is 20.3. The maximum absolute atomic E-state index is 12.2. The predicted molar refractivity (Wildman–Crippen MR) is 77.1 cm³/mol. The fraction of sp³-hybridized carbons (Fsp3) is 0.600. The van der Waals surface area contributed by atoms with Crippen molar-refractivity contribution < 1.29 is 9.53 Å². The molecule has 0 aliphatic carbocycles. The molecule has 0 N–H and O–H groups in total. The lowest BCUT2D eigenvalue weighted by Gasteiger charge is -2.21. The Bertz CT molecular complexity index is 424. The van der Waals surface area contributed by atoms with Crippen molar-refractivity contribution in [1.82, 2.24) is 14.8 Å². The number of carbonyl (C=O) groups is 1. The second-order valence-electron chi connectivity index (χ2n) is 5.48. The van der Waals surface area contributed by atoms with E-state index in [1.165, 1.54) is 0 Å². The summed E-state index contributed by atoms with van der Waals surface area (Å²) in [6.45, 7) is 3.62. The van der Waals surface area contributed by atoms with Gasteiger partial charge in [0.05, 0.1) is 13.2 Å². The number of pyridine rings is 1. The maximum atomic E-state index is 12.2. The standard InChI is InChI=1S/C15H23N3O2/c1-17(9-13-4-3-6-16-8-13)11-15(19)18-7-5-14(10-18)12-20-2/h3-4,6,8,14H,5,7,9-12H2,1-2H3/t14-/m0/s1. The third-order valence-corrected chi connectivity index (χ3v) is 3.62. The first-order valence-corrected chi connectivity index (χ1v) is 7.03. The average molecular weight is 277 g/mol. The Morgan fingerprint density at radius 1 is 1.60 bits per heavy atom. The number of amides is 1. The molecule has 0 spiro atoms. The van der Waals surface area contributed by atoms with Gasteiger partial charge in [-0.1, -0.05) is 6.07 Å². The molecule has 110 valence electrons. The van der Waals surface area contributed by atoms with Gasteiger partial charge in [-0.25, -0.2) is 0 Å². The molecule has 2 heterocycles.